The highest BCUT2D eigenvalue weighted by atomic mass is 79.9. The Bertz CT molecular complexity index is 400. The van der Waals surface area contributed by atoms with E-state index in [0.717, 1.165) is 24.4 Å². The average molecular weight is 303 g/mol. The summed E-state index contributed by atoms with van der Waals surface area (Å²) in [6.45, 7) is 3.94. The van der Waals surface area contributed by atoms with Crippen LogP contribution in [0.3, 0.4) is 0 Å². The van der Waals surface area contributed by atoms with E-state index in [4.69, 9.17) is 0 Å². The topological polar surface area (TPSA) is 42.0 Å². The Kier molecular flexibility index (Phi) is 5.05. The van der Waals surface area contributed by atoms with Gasteiger partial charge in [0.15, 0.2) is 5.82 Å². The first kappa shape index (κ1) is 14.1. The number of aromatic nitrogens is 1. The van der Waals surface area contributed by atoms with E-state index < -0.39 is 11.7 Å². The highest BCUT2D eigenvalue weighted by Gasteiger charge is 2.25. The van der Waals surface area contributed by atoms with Crippen molar-refractivity contribution in [1.29, 1.82) is 0 Å². The van der Waals surface area contributed by atoms with Gasteiger partial charge in [0.1, 0.15) is 0 Å². The maximum Gasteiger partial charge on any atom is 0.254 e. The number of pyridine rings is 1. The zero-order valence-corrected chi connectivity index (χ0v) is 11.6. The van der Waals surface area contributed by atoms with Crippen molar-refractivity contribution in [3.8, 4) is 0 Å². The van der Waals surface area contributed by atoms with Crippen LogP contribution >= 0.6 is 15.9 Å². The highest BCUT2D eigenvalue weighted by molar-refractivity contribution is 9.09. The second-order valence-corrected chi connectivity index (χ2v) is 4.96. The smallest absolute Gasteiger partial charge is 0.254 e. The lowest BCUT2D eigenvalue weighted by Gasteiger charge is -2.29. The molecule has 1 amide bonds. The lowest BCUT2D eigenvalue weighted by molar-refractivity contribution is 0.0897. The molecule has 0 bridgehead atoms. The van der Waals surface area contributed by atoms with Crippen molar-refractivity contribution >= 4 is 21.8 Å². The fourth-order valence-electron chi connectivity index (χ4n) is 1.44. The summed E-state index contributed by atoms with van der Waals surface area (Å²) in [6, 6.07) is 1.38. The number of hydrogen-bond acceptors (Lipinski definition) is 2. The third-order valence-electron chi connectivity index (χ3n) is 2.86. The van der Waals surface area contributed by atoms with Gasteiger partial charge in [-0.25, -0.2) is 4.39 Å². The lowest BCUT2D eigenvalue weighted by Crippen LogP contribution is -2.46. The quantitative estimate of drug-likeness (QED) is 0.850. The normalized spacial score (nSPS) is 14.1. The number of nitrogens with zero attached hydrogens (tertiary/aromatic N) is 1. The Morgan fingerprint density at radius 1 is 1.65 bits per heavy atom. The third-order valence-corrected chi connectivity index (χ3v) is 3.26. The Morgan fingerprint density at radius 3 is 2.88 bits per heavy atom. The molecule has 1 unspecified atom stereocenters. The van der Waals surface area contributed by atoms with Gasteiger partial charge >= 0.3 is 0 Å². The molecule has 0 aromatic carbocycles. The molecule has 0 aliphatic carbocycles. The number of hydrogen-bond donors (Lipinski definition) is 1. The molecular weight excluding hydrogens is 287 g/mol. The molecule has 0 aliphatic heterocycles. The molecule has 1 atom stereocenters. The number of rotatable bonds is 5. The predicted molar refractivity (Wildman–Crippen MR) is 68.8 cm³/mol. The lowest BCUT2D eigenvalue weighted by atomic mass is 9.95. The number of carbonyl (C=O) groups is 1. The second kappa shape index (κ2) is 6.10. The number of halogens is 2. The molecule has 1 aromatic heterocycles. The number of amides is 1. The van der Waals surface area contributed by atoms with Crippen LogP contribution in [0.2, 0.25) is 0 Å². The molecule has 1 heterocycles. The summed E-state index contributed by atoms with van der Waals surface area (Å²) in [5.41, 5.74) is -0.287. The van der Waals surface area contributed by atoms with Gasteiger partial charge in [-0.15, -0.1) is 0 Å². The summed E-state index contributed by atoms with van der Waals surface area (Å²) >= 11 is 3.35. The van der Waals surface area contributed by atoms with Crippen LogP contribution in [0.4, 0.5) is 4.39 Å². The van der Waals surface area contributed by atoms with Gasteiger partial charge in [-0.2, -0.15) is 0 Å². The van der Waals surface area contributed by atoms with E-state index >= 15 is 0 Å². The summed E-state index contributed by atoms with van der Waals surface area (Å²) < 4.78 is 13.4. The van der Waals surface area contributed by atoms with E-state index in [1.54, 1.807) is 0 Å². The molecule has 0 saturated carbocycles. The molecule has 17 heavy (non-hydrogen) atoms. The van der Waals surface area contributed by atoms with Crippen molar-refractivity contribution in [3.05, 3.63) is 29.8 Å². The Balaban J connectivity index is 2.82. The molecule has 0 radical (unpaired) electrons. The molecule has 0 aliphatic rings. The zero-order chi connectivity index (χ0) is 12.9. The van der Waals surface area contributed by atoms with Gasteiger partial charge in [0, 0.05) is 17.1 Å². The van der Waals surface area contributed by atoms with Crippen LogP contribution in [-0.2, 0) is 0 Å². The monoisotopic (exact) mass is 302 g/mol. The van der Waals surface area contributed by atoms with Gasteiger partial charge in [0.05, 0.1) is 11.8 Å². The summed E-state index contributed by atoms with van der Waals surface area (Å²) in [5, 5.41) is 3.65. The second-order valence-electron chi connectivity index (χ2n) is 4.16. The molecule has 94 valence electrons. The van der Waals surface area contributed by atoms with Crippen LogP contribution in [0.1, 0.15) is 37.0 Å². The van der Waals surface area contributed by atoms with Crippen molar-refractivity contribution in [1.82, 2.24) is 10.3 Å². The molecular formula is C12H16BrFN2O. The first-order valence-corrected chi connectivity index (χ1v) is 6.62. The largest absolute Gasteiger partial charge is 0.347 e. The molecule has 3 nitrogen and oxygen atoms in total. The standard InChI is InChI=1S/C12H16BrFN2O/c1-3-12(2,5-6-13)16-11(17)9-4-7-15-8-10(9)14/h4,7-8H,3,5-6H2,1-2H3,(H,16,17). The molecule has 0 saturated heterocycles. The number of carbonyl (C=O) groups excluding carboxylic acids is 1. The van der Waals surface area contributed by atoms with Crippen molar-refractivity contribution in [2.45, 2.75) is 32.2 Å². The zero-order valence-electron chi connectivity index (χ0n) is 9.96. The van der Waals surface area contributed by atoms with Crippen LogP contribution in [-0.4, -0.2) is 21.8 Å². The average Bonchev–Trinajstić information content (AvgIpc) is 2.29. The maximum atomic E-state index is 13.4. The van der Waals surface area contributed by atoms with Gasteiger partial charge in [-0.3, -0.25) is 9.78 Å². The number of nitrogens with one attached hydrogen (secondary N) is 1. The van der Waals surface area contributed by atoms with E-state index in [2.05, 4.69) is 26.2 Å². The predicted octanol–water partition coefficient (Wildman–Crippen LogP) is 2.90. The highest BCUT2D eigenvalue weighted by Crippen LogP contribution is 2.17. The fourth-order valence-corrected chi connectivity index (χ4v) is 2.31. The van der Waals surface area contributed by atoms with Gasteiger partial charge in [0.25, 0.3) is 5.91 Å². The van der Waals surface area contributed by atoms with Crippen LogP contribution < -0.4 is 5.32 Å². The Morgan fingerprint density at radius 2 is 2.35 bits per heavy atom. The summed E-state index contributed by atoms with van der Waals surface area (Å²) in [5.74, 6) is -0.988. The van der Waals surface area contributed by atoms with E-state index in [-0.39, 0.29) is 11.1 Å². The number of alkyl halides is 1. The van der Waals surface area contributed by atoms with Gasteiger partial charge < -0.3 is 5.32 Å². The van der Waals surface area contributed by atoms with E-state index in [1.807, 2.05) is 13.8 Å². The first-order valence-electron chi connectivity index (χ1n) is 5.50. The summed E-state index contributed by atoms with van der Waals surface area (Å²) in [7, 11) is 0. The molecule has 1 aromatic rings. The molecule has 0 spiro atoms. The molecule has 1 rings (SSSR count). The van der Waals surface area contributed by atoms with Crippen LogP contribution in [0, 0.1) is 5.82 Å². The van der Waals surface area contributed by atoms with E-state index in [9.17, 15) is 9.18 Å². The van der Waals surface area contributed by atoms with E-state index in [0.29, 0.717) is 0 Å². The first-order chi connectivity index (χ1) is 8.02. The Labute approximate surface area is 109 Å². The van der Waals surface area contributed by atoms with Crippen molar-refractivity contribution in [3.63, 3.8) is 0 Å². The van der Waals surface area contributed by atoms with Gasteiger partial charge in [-0.1, -0.05) is 22.9 Å². The SMILES string of the molecule is CCC(C)(CCBr)NC(=O)c1ccncc1F. The summed E-state index contributed by atoms with van der Waals surface area (Å²) in [6.07, 6.45) is 4.04. The summed E-state index contributed by atoms with van der Waals surface area (Å²) in [4.78, 5) is 15.5. The minimum Gasteiger partial charge on any atom is -0.347 e. The molecule has 0 fully saturated rings. The maximum absolute atomic E-state index is 13.4. The van der Waals surface area contributed by atoms with E-state index in [1.165, 1.54) is 12.3 Å². The van der Waals surface area contributed by atoms with Gasteiger partial charge in [0.2, 0.25) is 0 Å². The minimum atomic E-state index is -0.595. The van der Waals surface area contributed by atoms with Crippen LogP contribution in [0.5, 0.6) is 0 Å². The van der Waals surface area contributed by atoms with Crippen LogP contribution in [0.15, 0.2) is 18.5 Å². The van der Waals surface area contributed by atoms with Crippen LogP contribution in [0.25, 0.3) is 0 Å². The fraction of sp³-hybridized carbons (Fsp3) is 0.500. The minimum absolute atomic E-state index is 0.0363. The van der Waals surface area contributed by atoms with Gasteiger partial charge in [-0.05, 0) is 25.8 Å². The molecule has 5 heteroatoms. The van der Waals surface area contributed by atoms with Crippen molar-refractivity contribution in [2.75, 3.05) is 5.33 Å². The van der Waals surface area contributed by atoms with Crippen molar-refractivity contribution < 1.29 is 9.18 Å². The Hall–Kier alpha value is -0.970. The van der Waals surface area contributed by atoms with Crippen molar-refractivity contribution in [2.24, 2.45) is 0 Å². The molecule has 1 N–H and O–H groups in total. The third kappa shape index (κ3) is 3.77.